The molecule has 142 valence electrons. The Labute approximate surface area is 158 Å². The summed E-state index contributed by atoms with van der Waals surface area (Å²) in [6.07, 6.45) is 3.28. The number of hydrogen-bond acceptors (Lipinski definition) is 4. The third kappa shape index (κ3) is 4.39. The molecular formula is C21H23FN2O3. The number of hydrogen-bond donors (Lipinski definition) is 0. The summed E-state index contributed by atoms with van der Waals surface area (Å²) >= 11 is 0. The van der Waals surface area contributed by atoms with Gasteiger partial charge in [-0.2, -0.15) is 0 Å². The molecule has 1 aliphatic heterocycles. The highest BCUT2D eigenvalue weighted by Crippen LogP contribution is 2.26. The van der Waals surface area contributed by atoms with Crippen LogP contribution in [0.4, 0.5) is 10.1 Å². The lowest BCUT2D eigenvalue weighted by molar-refractivity contribution is -0.126. The number of nitrogens with zero attached hydrogens (tertiary/aromatic N) is 2. The number of anilines is 1. The van der Waals surface area contributed by atoms with Crippen molar-refractivity contribution in [2.24, 2.45) is 0 Å². The third-order valence-corrected chi connectivity index (χ3v) is 4.63. The van der Waals surface area contributed by atoms with Gasteiger partial charge in [-0.1, -0.05) is 12.1 Å². The van der Waals surface area contributed by atoms with E-state index in [0.29, 0.717) is 43.4 Å². The second kappa shape index (κ2) is 8.58. The van der Waals surface area contributed by atoms with E-state index in [4.69, 9.17) is 9.47 Å². The standard InChI is InChI=1S/C21H23FN2O3/c1-26-17-9-7-16(20(15-17)27-2)8-10-21(25)24-13-11-23(12-14-24)19-6-4-3-5-18(19)22/h3-10,15H,11-14H2,1-2H3/b10-8+. The van der Waals surface area contributed by atoms with E-state index in [1.54, 1.807) is 49.5 Å². The summed E-state index contributed by atoms with van der Waals surface area (Å²) in [6, 6.07) is 12.2. The van der Waals surface area contributed by atoms with E-state index in [2.05, 4.69) is 0 Å². The Morgan fingerprint density at radius 1 is 1.04 bits per heavy atom. The molecule has 2 aromatic rings. The highest BCUT2D eigenvalue weighted by atomic mass is 19.1. The molecule has 0 atom stereocenters. The van der Waals surface area contributed by atoms with Gasteiger partial charge in [-0.25, -0.2) is 4.39 Å². The van der Waals surface area contributed by atoms with Crippen molar-refractivity contribution >= 4 is 17.7 Å². The highest BCUT2D eigenvalue weighted by Gasteiger charge is 2.21. The highest BCUT2D eigenvalue weighted by molar-refractivity contribution is 5.92. The van der Waals surface area contributed by atoms with Crippen molar-refractivity contribution in [3.63, 3.8) is 0 Å². The molecule has 0 unspecified atom stereocenters. The quantitative estimate of drug-likeness (QED) is 0.758. The number of para-hydroxylation sites is 1. The van der Waals surface area contributed by atoms with Crippen molar-refractivity contribution in [3.8, 4) is 11.5 Å². The molecule has 0 N–H and O–H groups in total. The molecule has 1 saturated heterocycles. The summed E-state index contributed by atoms with van der Waals surface area (Å²) in [6.45, 7) is 2.31. The summed E-state index contributed by atoms with van der Waals surface area (Å²) < 4.78 is 24.4. The minimum atomic E-state index is -0.233. The van der Waals surface area contributed by atoms with Crippen molar-refractivity contribution in [1.29, 1.82) is 0 Å². The number of halogens is 1. The van der Waals surface area contributed by atoms with Crippen molar-refractivity contribution in [2.45, 2.75) is 0 Å². The molecule has 5 nitrogen and oxygen atoms in total. The van der Waals surface area contributed by atoms with Crippen LogP contribution in [0.25, 0.3) is 6.08 Å². The molecule has 1 fully saturated rings. The number of amides is 1. The second-order valence-electron chi connectivity index (χ2n) is 6.20. The topological polar surface area (TPSA) is 42.0 Å². The van der Waals surface area contributed by atoms with Gasteiger partial charge < -0.3 is 19.3 Å². The van der Waals surface area contributed by atoms with Gasteiger partial charge in [-0.05, 0) is 30.3 Å². The first-order chi connectivity index (χ1) is 13.1. The van der Waals surface area contributed by atoms with Gasteiger partial charge in [0.25, 0.3) is 0 Å². The van der Waals surface area contributed by atoms with Crippen LogP contribution in [-0.2, 0) is 4.79 Å². The molecular weight excluding hydrogens is 347 g/mol. The van der Waals surface area contributed by atoms with E-state index in [-0.39, 0.29) is 11.7 Å². The zero-order valence-corrected chi connectivity index (χ0v) is 15.5. The number of carbonyl (C=O) groups is 1. The molecule has 0 saturated carbocycles. The van der Waals surface area contributed by atoms with Gasteiger partial charge in [0.1, 0.15) is 17.3 Å². The monoisotopic (exact) mass is 370 g/mol. The number of methoxy groups -OCH3 is 2. The van der Waals surface area contributed by atoms with Gasteiger partial charge in [-0.3, -0.25) is 4.79 Å². The molecule has 1 aliphatic rings. The Morgan fingerprint density at radius 3 is 2.44 bits per heavy atom. The van der Waals surface area contributed by atoms with Crippen LogP contribution < -0.4 is 14.4 Å². The predicted octanol–water partition coefficient (Wildman–Crippen LogP) is 3.20. The van der Waals surface area contributed by atoms with Crippen LogP contribution in [0.3, 0.4) is 0 Å². The Balaban J connectivity index is 1.61. The summed E-state index contributed by atoms with van der Waals surface area (Å²) in [5.41, 5.74) is 1.39. The maximum absolute atomic E-state index is 13.9. The normalized spacial score (nSPS) is 14.5. The molecule has 1 amide bonds. The molecule has 1 heterocycles. The van der Waals surface area contributed by atoms with Gasteiger partial charge in [0.2, 0.25) is 5.91 Å². The van der Waals surface area contributed by atoms with Crippen LogP contribution in [0.1, 0.15) is 5.56 Å². The first kappa shape index (κ1) is 18.8. The molecule has 0 radical (unpaired) electrons. The molecule has 0 aromatic heterocycles. The van der Waals surface area contributed by atoms with Crippen LogP contribution in [0.5, 0.6) is 11.5 Å². The van der Waals surface area contributed by atoms with Gasteiger partial charge >= 0.3 is 0 Å². The number of ether oxygens (including phenoxy) is 2. The van der Waals surface area contributed by atoms with E-state index in [1.807, 2.05) is 23.1 Å². The molecule has 0 bridgehead atoms. The summed E-state index contributed by atoms with van der Waals surface area (Å²) in [5.74, 6) is 1.03. The molecule has 0 spiro atoms. The maximum Gasteiger partial charge on any atom is 0.246 e. The molecule has 27 heavy (non-hydrogen) atoms. The first-order valence-corrected chi connectivity index (χ1v) is 8.81. The fourth-order valence-corrected chi connectivity index (χ4v) is 3.10. The molecule has 6 heteroatoms. The Morgan fingerprint density at radius 2 is 1.78 bits per heavy atom. The van der Waals surface area contributed by atoms with Gasteiger partial charge in [0.05, 0.1) is 19.9 Å². The zero-order chi connectivity index (χ0) is 19.2. The lowest BCUT2D eigenvalue weighted by Gasteiger charge is -2.35. The van der Waals surface area contributed by atoms with Gasteiger partial charge in [0, 0.05) is 43.9 Å². The Hall–Kier alpha value is -3.02. The Bertz CT molecular complexity index is 830. The zero-order valence-electron chi connectivity index (χ0n) is 15.5. The summed E-state index contributed by atoms with van der Waals surface area (Å²) in [5, 5.41) is 0. The summed E-state index contributed by atoms with van der Waals surface area (Å²) in [7, 11) is 3.17. The lowest BCUT2D eigenvalue weighted by atomic mass is 10.1. The SMILES string of the molecule is COc1ccc(/C=C/C(=O)N2CCN(c3ccccc3F)CC2)c(OC)c1. The Kier molecular flexibility index (Phi) is 5.96. The van der Waals surface area contributed by atoms with E-state index >= 15 is 0 Å². The van der Waals surface area contributed by atoms with Gasteiger partial charge in [0.15, 0.2) is 0 Å². The van der Waals surface area contributed by atoms with Crippen LogP contribution in [0.2, 0.25) is 0 Å². The average molecular weight is 370 g/mol. The van der Waals surface area contributed by atoms with E-state index in [9.17, 15) is 9.18 Å². The lowest BCUT2D eigenvalue weighted by Crippen LogP contribution is -2.48. The minimum absolute atomic E-state index is 0.0685. The van der Waals surface area contributed by atoms with Crippen LogP contribution in [-0.4, -0.2) is 51.2 Å². The van der Waals surface area contributed by atoms with Crippen LogP contribution in [0.15, 0.2) is 48.5 Å². The van der Waals surface area contributed by atoms with Crippen LogP contribution in [0, 0.1) is 5.82 Å². The van der Waals surface area contributed by atoms with Gasteiger partial charge in [-0.15, -0.1) is 0 Å². The van der Waals surface area contributed by atoms with E-state index in [0.717, 1.165) is 5.56 Å². The average Bonchev–Trinajstić information content (AvgIpc) is 2.72. The largest absolute Gasteiger partial charge is 0.497 e. The maximum atomic E-state index is 13.9. The first-order valence-electron chi connectivity index (χ1n) is 8.81. The number of rotatable bonds is 5. The molecule has 2 aromatic carbocycles. The smallest absolute Gasteiger partial charge is 0.246 e. The number of piperazine rings is 1. The summed E-state index contributed by atoms with van der Waals surface area (Å²) in [4.78, 5) is 16.2. The predicted molar refractivity (Wildman–Crippen MR) is 104 cm³/mol. The number of carbonyl (C=O) groups excluding carboxylic acids is 1. The van der Waals surface area contributed by atoms with E-state index in [1.165, 1.54) is 6.07 Å². The number of benzene rings is 2. The van der Waals surface area contributed by atoms with Crippen molar-refractivity contribution in [1.82, 2.24) is 4.90 Å². The molecule has 3 rings (SSSR count). The fraction of sp³-hybridized carbons (Fsp3) is 0.286. The van der Waals surface area contributed by atoms with E-state index < -0.39 is 0 Å². The van der Waals surface area contributed by atoms with Crippen molar-refractivity contribution in [3.05, 3.63) is 59.9 Å². The fourth-order valence-electron chi connectivity index (χ4n) is 3.10. The van der Waals surface area contributed by atoms with Crippen LogP contribution >= 0.6 is 0 Å². The van der Waals surface area contributed by atoms with Crippen molar-refractivity contribution in [2.75, 3.05) is 45.3 Å². The minimum Gasteiger partial charge on any atom is -0.497 e. The molecule has 0 aliphatic carbocycles. The van der Waals surface area contributed by atoms with Crippen molar-refractivity contribution < 1.29 is 18.7 Å². The second-order valence-corrected chi connectivity index (χ2v) is 6.20. The third-order valence-electron chi connectivity index (χ3n) is 4.63.